The lowest BCUT2D eigenvalue weighted by Crippen LogP contribution is -2.40. The highest BCUT2D eigenvalue weighted by molar-refractivity contribution is 5.94. The molecule has 0 heterocycles. The van der Waals surface area contributed by atoms with Gasteiger partial charge in [-0.2, -0.15) is 0 Å². The molecular formula is C17H27N3O3. The number of benzene rings is 1. The Bertz CT molecular complexity index is 488. The standard InChI is InChI=1S/C17H27N3O3/c1-2-3-5-13-6-8-14(9-7-13)20-16(21)12-15(17(22)23)19-11-4-10-18/h6-9,15,19H,2-5,10-12,18H2,1H3,(H,20,21)(H,22,23)/t15-/m0/s1. The summed E-state index contributed by atoms with van der Waals surface area (Å²) in [5.41, 5.74) is 7.28. The van der Waals surface area contributed by atoms with E-state index in [9.17, 15) is 9.59 Å². The Morgan fingerprint density at radius 3 is 2.48 bits per heavy atom. The number of carbonyl (C=O) groups excluding carboxylic acids is 1. The maximum Gasteiger partial charge on any atom is 0.321 e. The summed E-state index contributed by atoms with van der Waals surface area (Å²) in [7, 11) is 0. The molecular weight excluding hydrogens is 294 g/mol. The van der Waals surface area contributed by atoms with Crippen molar-refractivity contribution in [3.63, 3.8) is 0 Å². The van der Waals surface area contributed by atoms with Gasteiger partial charge in [-0.05, 0) is 50.0 Å². The number of amides is 1. The third kappa shape index (κ3) is 7.76. The van der Waals surface area contributed by atoms with Gasteiger partial charge in [0.15, 0.2) is 0 Å². The van der Waals surface area contributed by atoms with E-state index >= 15 is 0 Å². The van der Waals surface area contributed by atoms with Crippen LogP contribution in [0.4, 0.5) is 5.69 Å². The normalized spacial score (nSPS) is 11.9. The minimum atomic E-state index is -1.04. The minimum absolute atomic E-state index is 0.114. The van der Waals surface area contributed by atoms with E-state index in [1.165, 1.54) is 5.56 Å². The summed E-state index contributed by atoms with van der Waals surface area (Å²) in [5.74, 6) is -1.36. The van der Waals surface area contributed by atoms with Gasteiger partial charge in [-0.15, -0.1) is 0 Å². The fourth-order valence-electron chi connectivity index (χ4n) is 2.16. The number of carboxylic acid groups (broad SMARTS) is 1. The number of unbranched alkanes of at least 4 members (excludes halogenated alkanes) is 1. The van der Waals surface area contributed by atoms with Crippen molar-refractivity contribution in [3.05, 3.63) is 29.8 Å². The van der Waals surface area contributed by atoms with Crippen LogP contribution < -0.4 is 16.4 Å². The van der Waals surface area contributed by atoms with Gasteiger partial charge in [0, 0.05) is 5.69 Å². The molecule has 1 aromatic rings. The molecule has 1 rings (SSSR count). The second-order valence-corrected chi connectivity index (χ2v) is 5.54. The fraction of sp³-hybridized carbons (Fsp3) is 0.529. The van der Waals surface area contributed by atoms with Gasteiger partial charge in [-0.3, -0.25) is 9.59 Å². The number of nitrogens with one attached hydrogen (secondary N) is 2. The predicted octanol–water partition coefficient (Wildman–Crippen LogP) is 1.75. The molecule has 1 aromatic carbocycles. The van der Waals surface area contributed by atoms with Crippen molar-refractivity contribution >= 4 is 17.6 Å². The van der Waals surface area contributed by atoms with E-state index in [0.717, 1.165) is 19.3 Å². The molecule has 0 aliphatic rings. The van der Waals surface area contributed by atoms with E-state index in [2.05, 4.69) is 17.6 Å². The van der Waals surface area contributed by atoms with Crippen molar-refractivity contribution in [1.29, 1.82) is 0 Å². The molecule has 23 heavy (non-hydrogen) atoms. The van der Waals surface area contributed by atoms with Crippen LogP contribution in [0.5, 0.6) is 0 Å². The summed E-state index contributed by atoms with van der Waals surface area (Å²) < 4.78 is 0. The van der Waals surface area contributed by atoms with Gasteiger partial charge in [0.2, 0.25) is 5.91 Å². The quantitative estimate of drug-likeness (QED) is 0.465. The second-order valence-electron chi connectivity index (χ2n) is 5.54. The van der Waals surface area contributed by atoms with Crippen LogP contribution in [-0.2, 0) is 16.0 Å². The lowest BCUT2D eigenvalue weighted by Gasteiger charge is -2.14. The number of anilines is 1. The number of aryl methyl sites for hydroxylation is 1. The molecule has 0 radical (unpaired) electrons. The van der Waals surface area contributed by atoms with E-state index in [1.54, 1.807) is 0 Å². The third-order valence-corrected chi connectivity index (χ3v) is 3.52. The van der Waals surface area contributed by atoms with Crippen LogP contribution in [0.25, 0.3) is 0 Å². The lowest BCUT2D eigenvalue weighted by atomic mass is 10.1. The molecule has 6 nitrogen and oxygen atoms in total. The first-order chi connectivity index (χ1) is 11.1. The average Bonchev–Trinajstić information content (AvgIpc) is 2.53. The maximum atomic E-state index is 12.0. The summed E-state index contributed by atoms with van der Waals surface area (Å²) in [5, 5.41) is 14.7. The summed E-state index contributed by atoms with van der Waals surface area (Å²) in [4.78, 5) is 23.1. The molecule has 0 aliphatic carbocycles. The SMILES string of the molecule is CCCCc1ccc(NC(=O)C[C@H](NCCCN)C(=O)O)cc1. The zero-order valence-electron chi connectivity index (χ0n) is 13.7. The summed E-state index contributed by atoms with van der Waals surface area (Å²) in [6, 6.07) is 6.77. The number of aliphatic carboxylic acids is 1. The number of hydrogen-bond donors (Lipinski definition) is 4. The lowest BCUT2D eigenvalue weighted by molar-refractivity contribution is -0.141. The third-order valence-electron chi connectivity index (χ3n) is 3.52. The molecule has 1 amide bonds. The first-order valence-corrected chi connectivity index (χ1v) is 8.11. The van der Waals surface area contributed by atoms with E-state index in [0.29, 0.717) is 25.2 Å². The second kappa shape index (κ2) is 10.7. The minimum Gasteiger partial charge on any atom is -0.480 e. The van der Waals surface area contributed by atoms with Gasteiger partial charge >= 0.3 is 5.97 Å². The summed E-state index contributed by atoms with van der Waals surface area (Å²) in [6.07, 6.45) is 3.87. The van der Waals surface area contributed by atoms with E-state index in [1.807, 2.05) is 24.3 Å². The largest absolute Gasteiger partial charge is 0.480 e. The van der Waals surface area contributed by atoms with E-state index in [4.69, 9.17) is 10.8 Å². The van der Waals surface area contributed by atoms with Crippen molar-refractivity contribution < 1.29 is 14.7 Å². The smallest absolute Gasteiger partial charge is 0.321 e. The highest BCUT2D eigenvalue weighted by Gasteiger charge is 2.20. The number of carboxylic acids is 1. The van der Waals surface area contributed by atoms with Crippen molar-refractivity contribution in [3.8, 4) is 0 Å². The molecule has 0 unspecified atom stereocenters. The van der Waals surface area contributed by atoms with Gasteiger partial charge in [0.1, 0.15) is 6.04 Å². The van der Waals surface area contributed by atoms with Crippen LogP contribution in [0.15, 0.2) is 24.3 Å². The predicted molar refractivity (Wildman–Crippen MR) is 91.4 cm³/mol. The van der Waals surface area contributed by atoms with Crippen LogP contribution in [0.1, 0.15) is 38.2 Å². The van der Waals surface area contributed by atoms with Gasteiger partial charge in [-0.1, -0.05) is 25.5 Å². The van der Waals surface area contributed by atoms with E-state index in [-0.39, 0.29) is 12.3 Å². The Labute approximate surface area is 137 Å². The topological polar surface area (TPSA) is 104 Å². The average molecular weight is 321 g/mol. The molecule has 0 spiro atoms. The van der Waals surface area contributed by atoms with E-state index < -0.39 is 12.0 Å². The highest BCUT2D eigenvalue weighted by Crippen LogP contribution is 2.12. The van der Waals surface area contributed by atoms with Gasteiger partial charge in [-0.25, -0.2) is 0 Å². The fourth-order valence-corrected chi connectivity index (χ4v) is 2.16. The molecule has 0 aliphatic heterocycles. The highest BCUT2D eigenvalue weighted by atomic mass is 16.4. The molecule has 0 fully saturated rings. The molecule has 128 valence electrons. The maximum absolute atomic E-state index is 12.0. The zero-order valence-corrected chi connectivity index (χ0v) is 13.7. The molecule has 6 heteroatoms. The monoisotopic (exact) mass is 321 g/mol. The van der Waals surface area contributed by atoms with Gasteiger partial charge in [0.05, 0.1) is 6.42 Å². The van der Waals surface area contributed by atoms with Crippen LogP contribution >= 0.6 is 0 Å². The number of hydrogen-bond acceptors (Lipinski definition) is 4. The Kier molecular flexibility index (Phi) is 8.94. The van der Waals surface area contributed by atoms with Crippen LogP contribution in [0.3, 0.4) is 0 Å². The van der Waals surface area contributed by atoms with Crippen LogP contribution in [0, 0.1) is 0 Å². The van der Waals surface area contributed by atoms with Crippen molar-refractivity contribution in [2.75, 3.05) is 18.4 Å². The Balaban J connectivity index is 2.48. The molecule has 5 N–H and O–H groups in total. The van der Waals surface area contributed by atoms with Crippen molar-refractivity contribution in [2.45, 2.75) is 45.1 Å². The first-order valence-electron chi connectivity index (χ1n) is 8.11. The molecule has 0 aromatic heterocycles. The van der Waals surface area contributed by atoms with Crippen LogP contribution in [-0.4, -0.2) is 36.1 Å². The Hall–Kier alpha value is -1.92. The van der Waals surface area contributed by atoms with Gasteiger partial charge < -0.3 is 21.5 Å². The summed E-state index contributed by atoms with van der Waals surface area (Å²) >= 11 is 0. The number of rotatable bonds is 11. The zero-order chi connectivity index (χ0) is 17.1. The van der Waals surface area contributed by atoms with Crippen molar-refractivity contribution in [1.82, 2.24) is 5.32 Å². The molecule has 0 saturated heterocycles. The Morgan fingerprint density at radius 1 is 1.22 bits per heavy atom. The number of carbonyl (C=O) groups is 2. The molecule has 0 saturated carbocycles. The summed E-state index contributed by atoms with van der Waals surface area (Å²) in [6.45, 7) is 3.11. The first kappa shape index (κ1) is 19.1. The Morgan fingerprint density at radius 2 is 1.91 bits per heavy atom. The van der Waals surface area contributed by atoms with Crippen molar-refractivity contribution in [2.24, 2.45) is 5.73 Å². The number of nitrogens with two attached hydrogens (primary N) is 1. The molecule has 0 bridgehead atoms. The molecule has 1 atom stereocenters. The van der Waals surface area contributed by atoms with Gasteiger partial charge in [0.25, 0.3) is 0 Å². The van der Waals surface area contributed by atoms with Crippen LogP contribution in [0.2, 0.25) is 0 Å².